The summed E-state index contributed by atoms with van der Waals surface area (Å²) in [5.41, 5.74) is 1.50. The molecule has 6 nitrogen and oxygen atoms in total. The minimum Gasteiger partial charge on any atom is -0.347 e. The van der Waals surface area contributed by atoms with Gasteiger partial charge in [0.25, 0.3) is 5.91 Å². The first-order chi connectivity index (χ1) is 11.2. The zero-order valence-corrected chi connectivity index (χ0v) is 15.5. The molecule has 1 aromatic heterocycles. The van der Waals surface area contributed by atoms with E-state index in [-0.39, 0.29) is 11.4 Å². The summed E-state index contributed by atoms with van der Waals surface area (Å²) in [6.07, 6.45) is 1.46. The second kappa shape index (κ2) is 6.15. The Balaban J connectivity index is 1.76. The normalized spacial score (nSPS) is 21.0. The first kappa shape index (κ1) is 17.4. The topological polar surface area (TPSA) is 56.6 Å². The molecule has 0 aliphatic carbocycles. The van der Waals surface area contributed by atoms with Crippen molar-refractivity contribution in [3.63, 3.8) is 0 Å². The number of rotatable bonds is 2. The summed E-state index contributed by atoms with van der Waals surface area (Å²) in [6, 6.07) is 1.95. The van der Waals surface area contributed by atoms with Crippen molar-refractivity contribution < 1.29 is 14.3 Å². The van der Waals surface area contributed by atoms with E-state index < -0.39 is 5.79 Å². The number of hydrogen-bond donors (Lipinski definition) is 0. The maximum absolute atomic E-state index is 12.9. The minimum absolute atomic E-state index is 0.00717. The average molecular weight is 335 g/mol. The van der Waals surface area contributed by atoms with Crippen molar-refractivity contribution in [2.24, 2.45) is 0 Å². The summed E-state index contributed by atoms with van der Waals surface area (Å²) in [5, 5.41) is 4.63. The van der Waals surface area contributed by atoms with Gasteiger partial charge in [0.1, 0.15) is 0 Å². The summed E-state index contributed by atoms with van der Waals surface area (Å²) in [7, 11) is 0. The molecular formula is C18H29N3O3. The molecule has 134 valence electrons. The molecule has 0 aromatic carbocycles. The van der Waals surface area contributed by atoms with E-state index in [1.165, 1.54) is 0 Å². The minimum atomic E-state index is -0.454. The Morgan fingerprint density at radius 2 is 1.79 bits per heavy atom. The summed E-state index contributed by atoms with van der Waals surface area (Å²) in [4.78, 5) is 14.8. The maximum atomic E-state index is 12.9. The first-order valence-corrected chi connectivity index (χ1v) is 8.89. The fourth-order valence-corrected chi connectivity index (χ4v) is 3.45. The lowest BCUT2D eigenvalue weighted by Crippen LogP contribution is -2.47. The molecule has 0 unspecified atom stereocenters. The molecule has 1 spiro atoms. The summed E-state index contributed by atoms with van der Waals surface area (Å²) < 4.78 is 13.5. The number of aromatic nitrogens is 2. The predicted octanol–water partition coefficient (Wildman–Crippen LogP) is 2.74. The first-order valence-electron chi connectivity index (χ1n) is 8.89. The molecule has 6 heteroatoms. The smallest absolute Gasteiger partial charge is 0.274 e. The van der Waals surface area contributed by atoms with Crippen molar-refractivity contribution in [3.05, 3.63) is 17.5 Å². The van der Waals surface area contributed by atoms with E-state index in [1.807, 2.05) is 15.6 Å². The molecule has 0 atom stereocenters. The van der Waals surface area contributed by atoms with Crippen LogP contribution in [-0.4, -0.2) is 52.7 Å². The summed E-state index contributed by atoms with van der Waals surface area (Å²) >= 11 is 0. The Hall–Kier alpha value is -1.40. The van der Waals surface area contributed by atoms with Crippen LogP contribution in [0.15, 0.2) is 6.07 Å². The fourth-order valence-electron chi connectivity index (χ4n) is 3.45. The highest BCUT2D eigenvalue weighted by molar-refractivity contribution is 5.92. The zero-order chi connectivity index (χ0) is 17.5. The Bertz CT molecular complexity index is 600. The van der Waals surface area contributed by atoms with Gasteiger partial charge in [0.05, 0.1) is 18.8 Å². The third-order valence-electron chi connectivity index (χ3n) is 4.81. The van der Waals surface area contributed by atoms with Gasteiger partial charge in [-0.1, -0.05) is 13.8 Å². The standard InChI is InChI=1S/C18H29N3O3/c1-13(2)15-12-14(19-21(15)17(3,4)5)16(22)20-8-6-18(7-9-20)23-10-11-24-18/h12-13H,6-11H2,1-5H3. The zero-order valence-electron chi connectivity index (χ0n) is 15.5. The van der Waals surface area contributed by atoms with Gasteiger partial charge in [0.15, 0.2) is 11.5 Å². The van der Waals surface area contributed by atoms with Crippen molar-refractivity contribution in [2.75, 3.05) is 26.3 Å². The molecule has 0 N–H and O–H groups in total. The van der Waals surface area contributed by atoms with Crippen LogP contribution in [0.2, 0.25) is 0 Å². The number of piperidine rings is 1. The van der Waals surface area contributed by atoms with Crippen LogP contribution < -0.4 is 0 Å². The number of likely N-dealkylation sites (tertiary alicyclic amines) is 1. The highest BCUT2D eigenvalue weighted by Gasteiger charge is 2.41. The van der Waals surface area contributed by atoms with E-state index in [0.29, 0.717) is 37.9 Å². The van der Waals surface area contributed by atoms with Crippen LogP contribution in [0.4, 0.5) is 0 Å². The predicted molar refractivity (Wildman–Crippen MR) is 91.1 cm³/mol. The highest BCUT2D eigenvalue weighted by atomic mass is 16.7. The van der Waals surface area contributed by atoms with E-state index >= 15 is 0 Å². The Morgan fingerprint density at radius 1 is 1.21 bits per heavy atom. The van der Waals surface area contributed by atoms with Gasteiger partial charge in [-0.3, -0.25) is 9.48 Å². The molecule has 1 amide bonds. The molecule has 2 aliphatic rings. The van der Waals surface area contributed by atoms with Gasteiger partial charge in [-0.2, -0.15) is 5.10 Å². The second-order valence-corrected chi connectivity index (χ2v) is 8.09. The van der Waals surface area contributed by atoms with Crippen molar-refractivity contribution in [2.45, 2.75) is 64.7 Å². The van der Waals surface area contributed by atoms with Crippen molar-refractivity contribution >= 4 is 5.91 Å². The third-order valence-corrected chi connectivity index (χ3v) is 4.81. The molecule has 0 saturated carbocycles. The largest absolute Gasteiger partial charge is 0.347 e. The van der Waals surface area contributed by atoms with Crippen molar-refractivity contribution in [3.8, 4) is 0 Å². The SMILES string of the molecule is CC(C)c1cc(C(=O)N2CCC3(CC2)OCCO3)nn1C(C)(C)C. The summed E-state index contributed by atoms with van der Waals surface area (Å²) in [6.45, 7) is 13.2. The van der Waals surface area contributed by atoms with E-state index in [0.717, 1.165) is 18.5 Å². The molecule has 3 heterocycles. The molecule has 2 saturated heterocycles. The van der Waals surface area contributed by atoms with E-state index in [2.05, 4.69) is 39.7 Å². The quantitative estimate of drug-likeness (QED) is 0.834. The number of carbonyl (C=O) groups excluding carboxylic acids is 1. The highest BCUT2D eigenvalue weighted by Crippen LogP contribution is 2.32. The van der Waals surface area contributed by atoms with E-state index in [9.17, 15) is 4.79 Å². The molecule has 0 bridgehead atoms. The van der Waals surface area contributed by atoms with Gasteiger partial charge in [0.2, 0.25) is 0 Å². The molecule has 3 rings (SSSR count). The second-order valence-electron chi connectivity index (χ2n) is 8.09. The lowest BCUT2D eigenvalue weighted by atomic mass is 10.0. The van der Waals surface area contributed by atoms with Crippen LogP contribution in [0.3, 0.4) is 0 Å². The maximum Gasteiger partial charge on any atom is 0.274 e. The molecular weight excluding hydrogens is 306 g/mol. The number of carbonyl (C=O) groups is 1. The molecule has 1 aromatic rings. The van der Waals surface area contributed by atoms with Gasteiger partial charge < -0.3 is 14.4 Å². The molecule has 2 aliphatic heterocycles. The third kappa shape index (κ3) is 3.22. The number of nitrogens with zero attached hydrogens (tertiary/aromatic N) is 3. The van der Waals surface area contributed by atoms with Gasteiger partial charge >= 0.3 is 0 Å². The number of amides is 1. The van der Waals surface area contributed by atoms with E-state index in [1.54, 1.807) is 0 Å². The molecule has 0 radical (unpaired) electrons. The fraction of sp³-hybridized carbons (Fsp3) is 0.778. The lowest BCUT2D eigenvalue weighted by molar-refractivity contribution is -0.181. The monoisotopic (exact) mass is 335 g/mol. The van der Waals surface area contributed by atoms with Crippen molar-refractivity contribution in [1.82, 2.24) is 14.7 Å². The van der Waals surface area contributed by atoms with Crippen LogP contribution in [-0.2, 0) is 15.0 Å². The van der Waals surface area contributed by atoms with Gasteiger partial charge in [-0.25, -0.2) is 0 Å². The summed E-state index contributed by atoms with van der Waals surface area (Å²) in [5.74, 6) is -0.124. The molecule has 2 fully saturated rings. The van der Waals surface area contributed by atoms with Crippen LogP contribution in [0.5, 0.6) is 0 Å². The molecule has 24 heavy (non-hydrogen) atoms. The van der Waals surface area contributed by atoms with Gasteiger partial charge in [-0.15, -0.1) is 0 Å². The van der Waals surface area contributed by atoms with Gasteiger partial charge in [-0.05, 0) is 32.8 Å². The Kier molecular flexibility index (Phi) is 4.47. The van der Waals surface area contributed by atoms with E-state index in [4.69, 9.17) is 9.47 Å². The number of hydrogen-bond acceptors (Lipinski definition) is 4. The lowest BCUT2D eigenvalue weighted by Gasteiger charge is -2.37. The number of ether oxygens (including phenoxy) is 2. The van der Waals surface area contributed by atoms with Crippen LogP contribution in [0.25, 0.3) is 0 Å². The van der Waals surface area contributed by atoms with Crippen molar-refractivity contribution in [1.29, 1.82) is 0 Å². The van der Waals surface area contributed by atoms with Crippen LogP contribution >= 0.6 is 0 Å². The van der Waals surface area contributed by atoms with Gasteiger partial charge in [0, 0.05) is 31.6 Å². The van der Waals surface area contributed by atoms with Crippen LogP contribution in [0, 0.1) is 0 Å². The Morgan fingerprint density at radius 3 is 2.25 bits per heavy atom. The van der Waals surface area contributed by atoms with Crippen LogP contribution in [0.1, 0.15) is 69.6 Å². The Labute approximate surface area is 144 Å². The average Bonchev–Trinajstić information content (AvgIpc) is 3.14.